The van der Waals surface area contributed by atoms with Gasteiger partial charge < -0.3 is 5.11 Å². The summed E-state index contributed by atoms with van der Waals surface area (Å²) < 4.78 is 26.6. The molecule has 0 aliphatic rings. The Balaban J connectivity index is 2.19. The molecule has 0 unspecified atom stereocenters. The predicted octanol–water partition coefficient (Wildman–Crippen LogP) is 0.280. The molecule has 2 aromatic rings. The van der Waals surface area contributed by atoms with Gasteiger partial charge in [-0.25, -0.2) is 18.1 Å². The SMILES string of the molecule is O=S(=O)(NCc1ncn[nH]1)c1ccc(C#CCO)cc1Cl. The summed E-state index contributed by atoms with van der Waals surface area (Å²) in [6, 6.07) is 4.29. The Morgan fingerprint density at radius 2 is 2.24 bits per heavy atom. The fourth-order valence-corrected chi connectivity index (χ4v) is 3.03. The van der Waals surface area contributed by atoms with Crippen molar-refractivity contribution in [3.8, 4) is 11.8 Å². The lowest BCUT2D eigenvalue weighted by molar-refractivity contribution is 0.350. The van der Waals surface area contributed by atoms with Gasteiger partial charge in [-0.3, -0.25) is 5.10 Å². The summed E-state index contributed by atoms with van der Waals surface area (Å²) >= 11 is 5.97. The monoisotopic (exact) mass is 326 g/mol. The molecule has 21 heavy (non-hydrogen) atoms. The molecule has 3 N–H and O–H groups in total. The van der Waals surface area contributed by atoms with E-state index in [1.54, 1.807) is 0 Å². The number of nitrogens with zero attached hydrogens (tertiary/aromatic N) is 2. The molecule has 9 heteroatoms. The molecule has 0 atom stereocenters. The maximum absolute atomic E-state index is 12.1. The second-order valence-corrected chi connectivity index (χ2v) is 6.00. The zero-order chi connectivity index (χ0) is 15.3. The molecular weight excluding hydrogens is 316 g/mol. The highest BCUT2D eigenvalue weighted by Gasteiger charge is 2.18. The normalized spacial score (nSPS) is 11.0. The Hall–Kier alpha value is -1.92. The number of aromatic amines is 1. The average Bonchev–Trinajstić information content (AvgIpc) is 2.96. The Bertz CT molecular complexity index is 779. The lowest BCUT2D eigenvalue weighted by Crippen LogP contribution is -2.24. The van der Waals surface area contributed by atoms with Crippen LogP contribution in [0.1, 0.15) is 11.4 Å². The van der Waals surface area contributed by atoms with E-state index in [2.05, 4.69) is 31.7 Å². The first kappa shape index (κ1) is 15.5. The fourth-order valence-electron chi connectivity index (χ4n) is 1.50. The van der Waals surface area contributed by atoms with Crippen LogP contribution in [0.25, 0.3) is 0 Å². The lowest BCUT2D eigenvalue weighted by atomic mass is 10.2. The van der Waals surface area contributed by atoms with Crippen LogP contribution in [0.15, 0.2) is 29.4 Å². The van der Waals surface area contributed by atoms with E-state index >= 15 is 0 Å². The average molecular weight is 327 g/mol. The third-order valence-electron chi connectivity index (χ3n) is 2.43. The number of halogens is 1. The standard InChI is InChI=1S/C12H11ClN4O3S/c13-10-6-9(2-1-5-18)3-4-11(10)21(19,20)16-7-12-14-8-15-17-12/h3-4,6,8,16,18H,5,7H2,(H,14,15,17). The molecule has 0 spiro atoms. The topological polar surface area (TPSA) is 108 Å². The van der Waals surface area contributed by atoms with Crippen LogP contribution in [-0.2, 0) is 16.6 Å². The van der Waals surface area contributed by atoms with Gasteiger partial charge in [-0.15, -0.1) is 0 Å². The van der Waals surface area contributed by atoms with Gasteiger partial charge in [0.25, 0.3) is 0 Å². The van der Waals surface area contributed by atoms with E-state index in [0.29, 0.717) is 11.4 Å². The van der Waals surface area contributed by atoms with Crippen LogP contribution >= 0.6 is 11.6 Å². The number of H-pyrrole nitrogens is 1. The van der Waals surface area contributed by atoms with E-state index in [4.69, 9.17) is 16.7 Å². The predicted molar refractivity (Wildman–Crippen MR) is 75.8 cm³/mol. The Labute approximate surface area is 126 Å². The zero-order valence-corrected chi connectivity index (χ0v) is 12.2. The van der Waals surface area contributed by atoms with Crippen LogP contribution in [0.4, 0.5) is 0 Å². The van der Waals surface area contributed by atoms with E-state index in [1.165, 1.54) is 24.5 Å². The van der Waals surface area contributed by atoms with Crippen molar-refractivity contribution in [2.24, 2.45) is 0 Å². The summed E-state index contributed by atoms with van der Waals surface area (Å²) in [5, 5.41) is 14.8. The summed E-state index contributed by atoms with van der Waals surface area (Å²) in [7, 11) is -3.77. The molecule has 0 saturated heterocycles. The number of nitrogens with one attached hydrogen (secondary N) is 2. The minimum atomic E-state index is -3.77. The van der Waals surface area contributed by atoms with Crippen molar-refractivity contribution in [1.29, 1.82) is 0 Å². The number of aliphatic hydroxyl groups excluding tert-OH is 1. The van der Waals surface area contributed by atoms with Gasteiger partial charge in [0.05, 0.1) is 11.6 Å². The Kier molecular flexibility index (Phi) is 4.93. The van der Waals surface area contributed by atoms with Gasteiger partial charge in [0.15, 0.2) is 0 Å². The highest BCUT2D eigenvalue weighted by Crippen LogP contribution is 2.22. The first-order valence-electron chi connectivity index (χ1n) is 5.76. The molecule has 1 aromatic carbocycles. The third kappa shape index (κ3) is 4.03. The molecule has 7 nitrogen and oxygen atoms in total. The molecular formula is C12H11ClN4O3S. The zero-order valence-electron chi connectivity index (χ0n) is 10.7. The molecule has 0 amide bonds. The van der Waals surface area contributed by atoms with Crippen LogP contribution in [0.5, 0.6) is 0 Å². The minimum Gasteiger partial charge on any atom is -0.384 e. The smallest absolute Gasteiger partial charge is 0.242 e. The maximum Gasteiger partial charge on any atom is 0.242 e. The van der Waals surface area contributed by atoms with Crippen molar-refractivity contribution in [1.82, 2.24) is 19.9 Å². The lowest BCUT2D eigenvalue weighted by Gasteiger charge is -2.07. The highest BCUT2D eigenvalue weighted by molar-refractivity contribution is 7.89. The van der Waals surface area contributed by atoms with Crippen LogP contribution in [-0.4, -0.2) is 35.3 Å². The first-order chi connectivity index (χ1) is 10.0. The van der Waals surface area contributed by atoms with Gasteiger partial charge >= 0.3 is 0 Å². The molecule has 0 bridgehead atoms. The van der Waals surface area contributed by atoms with Crippen LogP contribution in [0, 0.1) is 11.8 Å². The number of benzene rings is 1. The summed E-state index contributed by atoms with van der Waals surface area (Å²) in [6.07, 6.45) is 1.28. The molecule has 1 heterocycles. The molecule has 2 rings (SSSR count). The van der Waals surface area contributed by atoms with E-state index < -0.39 is 10.0 Å². The molecule has 0 radical (unpaired) electrons. The number of sulfonamides is 1. The second kappa shape index (κ2) is 6.69. The van der Waals surface area contributed by atoms with E-state index in [9.17, 15) is 8.42 Å². The molecule has 0 saturated carbocycles. The quantitative estimate of drug-likeness (QED) is 0.699. The summed E-state index contributed by atoms with van der Waals surface area (Å²) in [4.78, 5) is 3.76. The number of hydrogen-bond donors (Lipinski definition) is 3. The van der Waals surface area contributed by atoms with Gasteiger partial charge in [0, 0.05) is 5.56 Å². The van der Waals surface area contributed by atoms with Crippen LogP contribution in [0.3, 0.4) is 0 Å². The highest BCUT2D eigenvalue weighted by atomic mass is 35.5. The van der Waals surface area contributed by atoms with Gasteiger partial charge in [-0.05, 0) is 18.2 Å². The third-order valence-corrected chi connectivity index (χ3v) is 4.31. The van der Waals surface area contributed by atoms with Gasteiger partial charge in [-0.1, -0.05) is 23.4 Å². The number of hydrogen-bond acceptors (Lipinski definition) is 5. The van der Waals surface area contributed by atoms with Gasteiger partial charge in [0.1, 0.15) is 23.7 Å². The molecule has 110 valence electrons. The second-order valence-electron chi connectivity index (χ2n) is 3.86. The minimum absolute atomic E-state index is 0.0231. The maximum atomic E-state index is 12.1. The summed E-state index contributed by atoms with van der Waals surface area (Å²) in [6.45, 7) is -0.304. The van der Waals surface area contributed by atoms with Crippen LogP contribution in [0.2, 0.25) is 5.02 Å². The van der Waals surface area contributed by atoms with E-state index in [1.807, 2.05) is 0 Å². The van der Waals surface area contributed by atoms with Crippen molar-refractivity contribution in [3.05, 3.63) is 40.9 Å². The molecule has 0 aliphatic heterocycles. The van der Waals surface area contributed by atoms with Crippen molar-refractivity contribution >= 4 is 21.6 Å². The number of aliphatic hydroxyl groups is 1. The first-order valence-corrected chi connectivity index (χ1v) is 7.62. The van der Waals surface area contributed by atoms with Crippen molar-refractivity contribution in [2.45, 2.75) is 11.4 Å². The van der Waals surface area contributed by atoms with Crippen molar-refractivity contribution in [3.63, 3.8) is 0 Å². The van der Waals surface area contributed by atoms with Crippen LogP contribution < -0.4 is 4.72 Å². The largest absolute Gasteiger partial charge is 0.384 e. The van der Waals surface area contributed by atoms with E-state index in [0.717, 1.165) is 0 Å². The molecule has 0 fully saturated rings. The van der Waals surface area contributed by atoms with Crippen molar-refractivity contribution < 1.29 is 13.5 Å². The van der Waals surface area contributed by atoms with E-state index in [-0.39, 0.29) is 23.1 Å². The fraction of sp³-hybridized carbons (Fsp3) is 0.167. The Morgan fingerprint density at radius 1 is 1.43 bits per heavy atom. The number of rotatable bonds is 4. The summed E-state index contributed by atoms with van der Waals surface area (Å²) in [5.41, 5.74) is 0.517. The summed E-state index contributed by atoms with van der Waals surface area (Å²) in [5.74, 6) is 5.49. The molecule has 1 aromatic heterocycles. The van der Waals surface area contributed by atoms with Gasteiger partial charge in [0.2, 0.25) is 10.0 Å². The number of aromatic nitrogens is 3. The van der Waals surface area contributed by atoms with Crippen molar-refractivity contribution in [2.75, 3.05) is 6.61 Å². The van der Waals surface area contributed by atoms with Gasteiger partial charge in [-0.2, -0.15) is 5.10 Å². The molecule has 0 aliphatic carbocycles. The Morgan fingerprint density at radius 3 is 2.86 bits per heavy atom.